The van der Waals surface area contributed by atoms with Crippen LogP contribution in [0.3, 0.4) is 0 Å². The smallest absolute Gasteiger partial charge is 0.0892 e. The largest absolute Gasteiger partial charge is 0.374 e. The molecule has 0 bridgehead atoms. The molecule has 0 saturated carbocycles. The Hall–Kier alpha value is -0.420. The maximum absolute atomic E-state index is 6.14. The molecule has 0 radical (unpaired) electrons. The molecule has 2 rings (SSSR count). The van der Waals surface area contributed by atoms with Crippen LogP contribution >= 0.6 is 15.9 Å². The van der Waals surface area contributed by atoms with E-state index < -0.39 is 0 Å². The van der Waals surface area contributed by atoms with Gasteiger partial charge in [-0.25, -0.2) is 0 Å². The Labute approximate surface area is 98.1 Å². The standard InChI is InChI=1S/C11H15BrN2O/c12-9-3-1-8(2-4-9)11(13)10-7-14-5-6-15-10/h1-4,10-11,14H,5-7,13H2. The second kappa shape index (κ2) is 5.07. The minimum Gasteiger partial charge on any atom is -0.374 e. The molecule has 1 aliphatic rings. The summed E-state index contributed by atoms with van der Waals surface area (Å²) in [5, 5.41) is 3.28. The molecule has 2 atom stereocenters. The summed E-state index contributed by atoms with van der Waals surface area (Å²) in [6.45, 7) is 2.50. The second-order valence-corrected chi connectivity index (χ2v) is 4.61. The summed E-state index contributed by atoms with van der Waals surface area (Å²) in [7, 11) is 0. The van der Waals surface area contributed by atoms with E-state index in [0.29, 0.717) is 0 Å². The van der Waals surface area contributed by atoms with E-state index in [1.807, 2.05) is 24.3 Å². The first-order valence-electron chi connectivity index (χ1n) is 5.11. The number of hydrogen-bond donors (Lipinski definition) is 2. The summed E-state index contributed by atoms with van der Waals surface area (Å²) in [5.74, 6) is 0. The summed E-state index contributed by atoms with van der Waals surface area (Å²) in [5.41, 5.74) is 7.26. The quantitative estimate of drug-likeness (QED) is 0.855. The Kier molecular flexibility index (Phi) is 3.75. The van der Waals surface area contributed by atoms with Crippen LogP contribution in [0, 0.1) is 0 Å². The summed E-state index contributed by atoms with van der Waals surface area (Å²) in [6, 6.07) is 8.03. The van der Waals surface area contributed by atoms with E-state index in [1.165, 1.54) is 0 Å². The predicted octanol–water partition coefficient (Wildman–Crippen LogP) is 1.44. The molecular formula is C11H15BrN2O. The molecule has 1 fully saturated rings. The molecule has 1 saturated heterocycles. The number of rotatable bonds is 2. The molecular weight excluding hydrogens is 256 g/mol. The number of ether oxygens (including phenoxy) is 1. The van der Waals surface area contributed by atoms with Gasteiger partial charge in [0.05, 0.1) is 18.8 Å². The van der Waals surface area contributed by atoms with Crippen LogP contribution in [-0.2, 0) is 4.74 Å². The maximum atomic E-state index is 6.14. The topological polar surface area (TPSA) is 47.3 Å². The zero-order valence-corrected chi connectivity index (χ0v) is 10.0. The molecule has 4 heteroatoms. The monoisotopic (exact) mass is 270 g/mol. The van der Waals surface area contributed by atoms with Gasteiger partial charge in [0.2, 0.25) is 0 Å². The molecule has 1 heterocycles. The van der Waals surface area contributed by atoms with Crippen LogP contribution in [0.5, 0.6) is 0 Å². The number of nitrogens with two attached hydrogens (primary N) is 1. The average Bonchev–Trinajstić information content (AvgIpc) is 2.30. The average molecular weight is 271 g/mol. The summed E-state index contributed by atoms with van der Waals surface area (Å²) >= 11 is 3.41. The van der Waals surface area contributed by atoms with Crippen molar-refractivity contribution in [3.8, 4) is 0 Å². The van der Waals surface area contributed by atoms with Crippen molar-refractivity contribution in [2.45, 2.75) is 12.1 Å². The lowest BCUT2D eigenvalue weighted by molar-refractivity contribution is 0.0122. The summed E-state index contributed by atoms with van der Waals surface area (Å²) in [6.07, 6.45) is 0.0833. The van der Waals surface area contributed by atoms with Gasteiger partial charge >= 0.3 is 0 Å². The van der Waals surface area contributed by atoms with Crippen molar-refractivity contribution < 1.29 is 4.74 Å². The summed E-state index contributed by atoms with van der Waals surface area (Å²) in [4.78, 5) is 0. The number of benzene rings is 1. The number of hydrogen-bond acceptors (Lipinski definition) is 3. The van der Waals surface area contributed by atoms with Crippen molar-refractivity contribution in [3.05, 3.63) is 34.3 Å². The van der Waals surface area contributed by atoms with Crippen molar-refractivity contribution >= 4 is 15.9 Å². The Morgan fingerprint density at radius 2 is 2.13 bits per heavy atom. The first kappa shape index (κ1) is 11.1. The predicted molar refractivity (Wildman–Crippen MR) is 63.7 cm³/mol. The molecule has 15 heavy (non-hydrogen) atoms. The Balaban J connectivity index is 2.05. The van der Waals surface area contributed by atoms with E-state index >= 15 is 0 Å². The van der Waals surface area contributed by atoms with E-state index in [2.05, 4.69) is 21.2 Å². The molecule has 1 aromatic rings. The van der Waals surface area contributed by atoms with E-state index in [0.717, 1.165) is 29.7 Å². The Bertz CT molecular complexity index is 309. The number of morpholine rings is 1. The lowest BCUT2D eigenvalue weighted by Gasteiger charge is -2.28. The third kappa shape index (κ3) is 2.78. The van der Waals surface area contributed by atoms with Crippen LogP contribution in [0.1, 0.15) is 11.6 Å². The van der Waals surface area contributed by atoms with Gasteiger partial charge in [-0.3, -0.25) is 0 Å². The lowest BCUT2D eigenvalue weighted by Crippen LogP contribution is -2.44. The zero-order valence-electron chi connectivity index (χ0n) is 8.45. The third-order valence-electron chi connectivity index (χ3n) is 2.61. The first-order valence-corrected chi connectivity index (χ1v) is 5.90. The third-order valence-corrected chi connectivity index (χ3v) is 3.14. The molecule has 2 unspecified atom stereocenters. The normalized spacial score (nSPS) is 23.7. The fraction of sp³-hybridized carbons (Fsp3) is 0.455. The Morgan fingerprint density at radius 1 is 1.40 bits per heavy atom. The lowest BCUT2D eigenvalue weighted by atomic mass is 10.0. The highest BCUT2D eigenvalue weighted by atomic mass is 79.9. The van der Waals surface area contributed by atoms with Gasteiger partial charge < -0.3 is 15.8 Å². The fourth-order valence-electron chi connectivity index (χ4n) is 1.72. The van der Waals surface area contributed by atoms with E-state index in [4.69, 9.17) is 10.5 Å². The van der Waals surface area contributed by atoms with Crippen molar-refractivity contribution in [1.29, 1.82) is 0 Å². The van der Waals surface area contributed by atoms with Gasteiger partial charge in [0.1, 0.15) is 0 Å². The minimum absolute atomic E-state index is 0.0501. The second-order valence-electron chi connectivity index (χ2n) is 3.69. The maximum Gasteiger partial charge on any atom is 0.0892 e. The summed E-state index contributed by atoms with van der Waals surface area (Å²) < 4.78 is 6.70. The van der Waals surface area contributed by atoms with Gasteiger partial charge in [0.15, 0.2) is 0 Å². The van der Waals surface area contributed by atoms with Gasteiger partial charge in [-0.2, -0.15) is 0 Å². The minimum atomic E-state index is -0.0501. The van der Waals surface area contributed by atoms with Gasteiger partial charge in [-0.05, 0) is 17.7 Å². The van der Waals surface area contributed by atoms with Crippen LogP contribution in [0.4, 0.5) is 0 Å². The first-order chi connectivity index (χ1) is 7.27. The van der Waals surface area contributed by atoms with Crippen LogP contribution in [-0.4, -0.2) is 25.8 Å². The van der Waals surface area contributed by atoms with E-state index in [9.17, 15) is 0 Å². The van der Waals surface area contributed by atoms with Crippen LogP contribution in [0.25, 0.3) is 0 Å². The highest BCUT2D eigenvalue weighted by Crippen LogP contribution is 2.20. The van der Waals surface area contributed by atoms with Crippen LogP contribution in [0.2, 0.25) is 0 Å². The van der Waals surface area contributed by atoms with Crippen LogP contribution < -0.4 is 11.1 Å². The van der Waals surface area contributed by atoms with Gasteiger partial charge in [-0.1, -0.05) is 28.1 Å². The molecule has 0 amide bonds. The molecule has 82 valence electrons. The molecule has 3 N–H and O–H groups in total. The van der Waals surface area contributed by atoms with E-state index in [-0.39, 0.29) is 12.1 Å². The molecule has 1 aromatic carbocycles. The number of halogens is 1. The van der Waals surface area contributed by atoms with Gasteiger partial charge in [0, 0.05) is 17.6 Å². The highest BCUT2D eigenvalue weighted by Gasteiger charge is 2.22. The molecule has 0 aromatic heterocycles. The molecule has 0 spiro atoms. The molecule has 0 aliphatic carbocycles. The Morgan fingerprint density at radius 3 is 2.73 bits per heavy atom. The molecule has 1 aliphatic heterocycles. The van der Waals surface area contributed by atoms with Crippen molar-refractivity contribution in [1.82, 2.24) is 5.32 Å². The SMILES string of the molecule is NC(c1ccc(Br)cc1)C1CNCCO1. The molecule has 3 nitrogen and oxygen atoms in total. The van der Waals surface area contributed by atoms with Gasteiger partial charge in [0.25, 0.3) is 0 Å². The van der Waals surface area contributed by atoms with Crippen molar-refractivity contribution in [2.24, 2.45) is 5.73 Å². The van der Waals surface area contributed by atoms with Crippen molar-refractivity contribution in [2.75, 3.05) is 19.7 Å². The highest BCUT2D eigenvalue weighted by molar-refractivity contribution is 9.10. The fourth-order valence-corrected chi connectivity index (χ4v) is 1.98. The number of nitrogens with one attached hydrogen (secondary N) is 1. The van der Waals surface area contributed by atoms with Crippen molar-refractivity contribution in [3.63, 3.8) is 0 Å². The van der Waals surface area contributed by atoms with E-state index in [1.54, 1.807) is 0 Å². The van der Waals surface area contributed by atoms with Gasteiger partial charge in [-0.15, -0.1) is 0 Å². The zero-order chi connectivity index (χ0) is 10.7. The van der Waals surface area contributed by atoms with Crippen LogP contribution in [0.15, 0.2) is 28.7 Å².